The number of anilines is 1. The van der Waals surface area contributed by atoms with Gasteiger partial charge in [0.1, 0.15) is 9.90 Å². The number of hydrogen-bond acceptors (Lipinski definition) is 5. The largest absolute Gasteiger partial charge is 0.320 e. The molecule has 1 fully saturated rings. The molecule has 1 aliphatic heterocycles. The summed E-state index contributed by atoms with van der Waals surface area (Å²) in [6.07, 6.45) is 1.16. The molecule has 1 aromatic carbocycles. The van der Waals surface area contributed by atoms with Crippen LogP contribution < -0.4 is 10.9 Å². The molecular weight excluding hydrogens is 436 g/mol. The fourth-order valence-corrected chi connectivity index (χ4v) is 6.52. The number of nitrogens with one attached hydrogen (secondary N) is 1. The maximum absolute atomic E-state index is 13.0. The number of carbonyl (C=O) groups excluding carboxylic acids is 1. The maximum atomic E-state index is 13.0. The zero-order valence-corrected chi connectivity index (χ0v) is 18.9. The molecule has 3 heterocycles. The summed E-state index contributed by atoms with van der Waals surface area (Å²) in [5.41, 5.74) is 1.22. The van der Waals surface area contributed by atoms with Gasteiger partial charge >= 0.3 is 0 Å². The molecule has 1 amide bonds. The van der Waals surface area contributed by atoms with Crippen molar-refractivity contribution in [3.63, 3.8) is 0 Å². The molecule has 31 heavy (non-hydrogen) atoms. The highest BCUT2D eigenvalue weighted by atomic mass is 32.2. The van der Waals surface area contributed by atoms with Gasteiger partial charge in [0, 0.05) is 20.1 Å². The summed E-state index contributed by atoms with van der Waals surface area (Å²) in [6, 6.07) is 12.5. The van der Waals surface area contributed by atoms with Crippen molar-refractivity contribution in [3.05, 3.63) is 63.9 Å². The maximum Gasteiger partial charge on any atom is 0.295 e. The summed E-state index contributed by atoms with van der Waals surface area (Å²) < 4.78 is 30.5. The Labute approximate surface area is 184 Å². The normalized spacial score (nSPS) is 17.5. The Bertz CT molecular complexity index is 1240. The van der Waals surface area contributed by atoms with Gasteiger partial charge in [0.25, 0.3) is 15.6 Å². The van der Waals surface area contributed by atoms with Gasteiger partial charge in [-0.1, -0.05) is 24.3 Å². The first-order chi connectivity index (χ1) is 14.8. The second-order valence-electron chi connectivity index (χ2n) is 7.56. The van der Waals surface area contributed by atoms with Gasteiger partial charge in [-0.15, -0.1) is 11.3 Å². The molecule has 0 aliphatic carbocycles. The van der Waals surface area contributed by atoms with Crippen LogP contribution in [0.1, 0.15) is 18.5 Å². The molecule has 1 atom stereocenters. The molecule has 0 bridgehead atoms. The van der Waals surface area contributed by atoms with E-state index >= 15 is 0 Å². The Balaban J connectivity index is 1.56. The third kappa shape index (κ3) is 3.98. The molecule has 1 saturated heterocycles. The predicted molar refractivity (Wildman–Crippen MR) is 120 cm³/mol. The SMILES string of the molecule is Cc1c(NC(=O)[C@H]2CCCN(S(=O)(=O)c3cccs3)C2)c(=O)n(-c2ccccc2)n1C. The first-order valence-electron chi connectivity index (χ1n) is 9.99. The van der Waals surface area contributed by atoms with Crippen molar-refractivity contribution in [1.29, 1.82) is 0 Å². The van der Waals surface area contributed by atoms with Crippen molar-refractivity contribution in [2.45, 2.75) is 24.0 Å². The molecule has 164 valence electrons. The average Bonchev–Trinajstić information content (AvgIpc) is 3.39. The number of amides is 1. The monoisotopic (exact) mass is 460 g/mol. The molecule has 3 aromatic rings. The van der Waals surface area contributed by atoms with Crippen molar-refractivity contribution < 1.29 is 13.2 Å². The van der Waals surface area contributed by atoms with Gasteiger partial charge in [0.15, 0.2) is 0 Å². The number of carbonyl (C=O) groups is 1. The van der Waals surface area contributed by atoms with E-state index in [9.17, 15) is 18.0 Å². The Morgan fingerprint density at radius 1 is 1.16 bits per heavy atom. The highest BCUT2D eigenvalue weighted by Crippen LogP contribution is 2.27. The lowest BCUT2D eigenvalue weighted by Gasteiger charge is -2.30. The molecule has 0 radical (unpaired) electrons. The molecule has 0 spiro atoms. The fourth-order valence-electron chi connectivity index (χ4n) is 3.85. The van der Waals surface area contributed by atoms with Crippen LogP contribution >= 0.6 is 11.3 Å². The highest BCUT2D eigenvalue weighted by molar-refractivity contribution is 7.91. The number of rotatable bonds is 5. The van der Waals surface area contributed by atoms with Crippen LogP contribution in [-0.2, 0) is 21.9 Å². The lowest BCUT2D eigenvalue weighted by molar-refractivity contribution is -0.120. The number of nitrogens with zero attached hydrogens (tertiary/aromatic N) is 3. The van der Waals surface area contributed by atoms with Crippen molar-refractivity contribution in [1.82, 2.24) is 13.7 Å². The quantitative estimate of drug-likeness (QED) is 0.633. The number of para-hydroxylation sites is 1. The van der Waals surface area contributed by atoms with E-state index in [0.717, 1.165) is 11.3 Å². The Morgan fingerprint density at radius 3 is 2.58 bits per heavy atom. The first kappa shape index (κ1) is 21.5. The lowest BCUT2D eigenvalue weighted by atomic mass is 9.99. The minimum absolute atomic E-state index is 0.102. The summed E-state index contributed by atoms with van der Waals surface area (Å²) in [4.78, 5) is 26.0. The van der Waals surface area contributed by atoms with Crippen molar-refractivity contribution >= 4 is 33.0 Å². The number of benzene rings is 1. The van der Waals surface area contributed by atoms with Crippen LogP contribution in [0.25, 0.3) is 5.69 Å². The standard InChI is InChI=1S/C21H24N4O4S2/c1-15-19(21(27)25(23(15)2)17-9-4-3-5-10-17)22-20(26)16-8-6-12-24(14-16)31(28,29)18-11-7-13-30-18/h3-5,7,9-11,13,16H,6,8,12,14H2,1-2H3,(H,22,26)/t16-/m0/s1. The van der Waals surface area contributed by atoms with E-state index in [1.54, 1.807) is 36.2 Å². The number of thiophene rings is 1. The highest BCUT2D eigenvalue weighted by Gasteiger charge is 2.34. The van der Waals surface area contributed by atoms with Crippen molar-refractivity contribution in [3.8, 4) is 5.69 Å². The van der Waals surface area contributed by atoms with Crippen LogP contribution in [0, 0.1) is 12.8 Å². The van der Waals surface area contributed by atoms with E-state index in [-0.39, 0.29) is 27.9 Å². The van der Waals surface area contributed by atoms with Crippen LogP contribution in [-0.4, -0.2) is 41.1 Å². The number of piperidine rings is 1. The van der Waals surface area contributed by atoms with Crippen molar-refractivity contribution in [2.24, 2.45) is 13.0 Å². The van der Waals surface area contributed by atoms with Crippen molar-refractivity contribution in [2.75, 3.05) is 18.4 Å². The molecule has 1 aliphatic rings. The molecule has 8 nitrogen and oxygen atoms in total. The van der Waals surface area contributed by atoms with Gasteiger partial charge in [-0.2, -0.15) is 4.31 Å². The van der Waals surface area contributed by atoms with Crippen LogP contribution in [0.15, 0.2) is 56.8 Å². The fraction of sp³-hybridized carbons (Fsp3) is 0.333. The summed E-state index contributed by atoms with van der Waals surface area (Å²) in [7, 11) is -1.85. The summed E-state index contributed by atoms with van der Waals surface area (Å²) in [5, 5.41) is 4.49. The zero-order valence-electron chi connectivity index (χ0n) is 17.3. The van der Waals surface area contributed by atoms with Crippen LogP contribution in [0.2, 0.25) is 0 Å². The molecule has 0 saturated carbocycles. The number of hydrogen-bond donors (Lipinski definition) is 1. The first-order valence-corrected chi connectivity index (χ1v) is 12.3. The van der Waals surface area contributed by atoms with Gasteiger partial charge in [0.05, 0.1) is 17.3 Å². The summed E-state index contributed by atoms with van der Waals surface area (Å²) in [6.45, 7) is 2.25. The average molecular weight is 461 g/mol. The Morgan fingerprint density at radius 2 is 1.90 bits per heavy atom. The van der Waals surface area contributed by atoms with Gasteiger partial charge in [-0.05, 0) is 43.3 Å². The molecule has 4 rings (SSSR count). The van der Waals surface area contributed by atoms with Gasteiger partial charge < -0.3 is 5.32 Å². The molecule has 10 heteroatoms. The number of aromatic nitrogens is 2. The van der Waals surface area contributed by atoms with E-state index < -0.39 is 15.9 Å². The second kappa shape index (κ2) is 8.45. The smallest absolute Gasteiger partial charge is 0.295 e. The van der Waals surface area contributed by atoms with Crippen LogP contribution in [0.5, 0.6) is 0 Å². The molecular formula is C21H24N4O4S2. The molecule has 1 N–H and O–H groups in total. The van der Waals surface area contributed by atoms with E-state index in [1.807, 2.05) is 30.3 Å². The van der Waals surface area contributed by atoms with E-state index in [0.29, 0.717) is 30.8 Å². The Kier molecular flexibility index (Phi) is 5.87. The molecule has 0 unspecified atom stereocenters. The lowest BCUT2D eigenvalue weighted by Crippen LogP contribution is -2.43. The van der Waals surface area contributed by atoms with Gasteiger partial charge in [0.2, 0.25) is 5.91 Å². The van der Waals surface area contributed by atoms with Crippen LogP contribution in [0.3, 0.4) is 0 Å². The summed E-state index contributed by atoms with van der Waals surface area (Å²) >= 11 is 1.16. The minimum atomic E-state index is -3.61. The third-order valence-electron chi connectivity index (χ3n) is 5.65. The minimum Gasteiger partial charge on any atom is -0.320 e. The van der Waals surface area contributed by atoms with Gasteiger partial charge in [-0.25, -0.2) is 13.1 Å². The number of sulfonamides is 1. The Hall–Kier alpha value is -2.69. The molecule has 2 aromatic heterocycles. The predicted octanol–water partition coefficient (Wildman–Crippen LogP) is 2.59. The van der Waals surface area contributed by atoms with Gasteiger partial charge in [-0.3, -0.25) is 14.3 Å². The third-order valence-corrected chi connectivity index (χ3v) is 8.88. The summed E-state index contributed by atoms with van der Waals surface area (Å²) in [5.74, 6) is -0.857. The second-order valence-corrected chi connectivity index (χ2v) is 10.7. The van der Waals surface area contributed by atoms with E-state index in [2.05, 4.69) is 5.32 Å². The zero-order chi connectivity index (χ0) is 22.2. The van der Waals surface area contributed by atoms with Crippen LogP contribution in [0.4, 0.5) is 5.69 Å². The van der Waals surface area contributed by atoms with E-state index in [1.165, 1.54) is 8.99 Å². The topological polar surface area (TPSA) is 93.4 Å². The van der Waals surface area contributed by atoms with E-state index in [4.69, 9.17) is 0 Å².